The van der Waals surface area contributed by atoms with Crippen LogP contribution in [0.4, 0.5) is 5.69 Å². The Morgan fingerprint density at radius 1 is 1.00 bits per heavy atom. The quantitative estimate of drug-likeness (QED) is 0.488. The topological polar surface area (TPSA) is 56.2 Å². The molecule has 0 atom stereocenters. The van der Waals surface area contributed by atoms with Crippen LogP contribution in [0.2, 0.25) is 0 Å². The Bertz CT molecular complexity index is 1170. The number of nitrogens with zero attached hydrogens (tertiary/aromatic N) is 2. The van der Waals surface area contributed by atoms with Crippen LogP contribution < -0.4 is 10.1 Å². The summed E-state index contributed by atoms with van der Waals surface area (Å²) in [6, 6.07) is 25.4. The van der Waals surface area contributed by atoms with Gasteiger partial charge in [-0.3, -0.25) is 9.48 Å². The van der Waals surface area contributed by atoms with E-state index in [1.807, 2.05) is 85.8 Å². The molecule has 0 saturated heterocycles. The predicted octanol–water partition coefficient (Wildman–Crippen LogP) is 5.17. The molecule has 5 nitrogen and oxygen atoms in total. The second-order valence-corrected chi connectivity index (χ2v) is 7.10. The number of hydrogen-bond donors (Lipinski definition) is 1. The number of hydrogen-bond acceptors (Lipinski definition) is 3. The number of rotatable bonds is 6. The van der Waals surface area contributed by atoms with E-state index in [1.54, 1.807) is 18.0 Å². The van der Waals surface area contributed by atoms with Crippen LogP contribution in [0.3, 0.4) is 0 Å². The molecule has 3 aromatic carbocycles. The molecule has 0 fully saturated rings. The van der Waals surface area contributed by atoms with Crippen molar-refractivity contribution in [3.63, 3.8) is 0 Å². The Morgan fingerprint density at radius 3 is 2.53 bits per heavy atom. The lowest BCUT2D eigenvalue weighted by Crippen LogP contribution is -2.12. The van der Waals surface area contributed by atoms with Crippen LogP contribution in [-0.2, 0) is 6.54 Å². The van der Waals surface area contributed by atoms with Crippen LogP contribution in [0.5, 0.6) is 5.75 Å². The average molecular weight is 397 g/mol. The van der Waals surface area contributed by atoms with Crippen molar-refractivity contribution < 1.29 is 9.53 Å². The van der Waals surface area contributed by atoms with Crippen molar-refractivity contribution in [1.82, 2.24) is 9.78 Å². The lowest BCUT2D eigenvalue weighted by atomic mass is 10.1. The molecule has 0 radical (unpaired) electrons. The van der Waals surface area contributed by atoms with Crippen molar-refractivity contribution in [2.45, 2.75) is 13.5 Å². The van der Waals surface area contributed by atoms with E-state index >= 15 is 0 Å². The third-order valence-electron chi connectivity index (χ3n) is 4.83. The SMILES string of the molecule is COc1ccccc1-c1nn(Cc2ccccc2)cc1C(=O)Nc1cccc(C)c1. The van der Waals surface area contributed by atoms with Gasteiger partial charge in [0.15, 0.2) is 0 Å². The second-order valence-electron chi connectivity index (χ2n) is 7.10. The van der Waals surface area contributed by atoms with Gasteiger partial charge < -0.3 is 10.1 Å². The first kappa shape index (κ1) is 19.5. The van der Waals surface area contributed by atoms with Gasteiger partial charge >= 0.3 is 0 Å². The molecule has 1 aromatic heterocycles. The van der Waals surface area contributed by atoms with E-state index < -0.39 is 0 Å². The maximum atomic E-state index is 13.2. The van der Waals surface area contributed by atoms with Gasteiger partial charge in [0.25, 0.3) is 5.91 Å². The Balaban J connectivity index is 1.74. The summed E-state index contributed by atoms with van der Waals surface area (Å²) in [6.45, 7) is 2.56. The summed E-state index contributed by atoms with van der Waals surface area (Å²) in [5.74, 6) is 0.466. The highest BCUT2D eigenvalue weighted by Gasteiger charge is 2.21. The lowest BCUT2D eigenvalue weighted by Gasteiger charge is -2.09. The van der Waals surface area contributed by atoms with Gasteiger partial charge in [0.05, 0.1) is 19.2 Å². The number of nitrogens with one attached hydrogen (secondary N) is 1. The zero-order valence-corrected chi connectivity index (χ0v) is 17.0. The van der Waals surface area contributed by atoms with Crippen LogP contribution in [-0.4, -0.2) is 22.8 Å². The molecule has 0 spiro atoms. The van der Waals surface area contributed by atoms with Crippen molar-refractivity contribution in [3.8, 4) is 17.0 Å². The van der Waals surface area contributed by atoms with Crippen molar-refractivity contribution >= 4 is 11.6 Å². The molecule has 1 N–H and O–H groups in total. The van der Waals surface area contributed by atoms with Crippen molar-refractivity contribution in [2.24, 2.45) is 0 Å². The fourth-order valence-electron chi connectivity index (χ4n) is 3.40. The summed E-state index contributed by atoms with van der Waals surface area (Å²) in [4.78, 5) is 13.2. The third kappa shape index (κ3) is 4.25. The number of methoxy groups -OCH3 is 1. The number of carbonyl (C=O) groups excluding carboxylic acids is 1. The summed E-state index contributed by atoms with van der Waals surface area (Å²) in [5, 5.41) is 7.73. The minimum Gasteiger partial charge on any atom is -0.496 e. The van der Waals surface area contributed by atoms with E-state index in [1.165, 1.54) is 0 Å². The predicted molar refractivity (Wildman–Crippen MR) is 119 cm³/mol. The normalized spacial score (nSPS) is 10.6. The van der Waals surface area contributed by atoms with Crippen LogP contribution in [0.25, 0.3) is 11.3 Å². The molecule has 0 aliphatic carbocycles. The smallest absolute Gasteiger partial charge is 0.259 e. The molecule has 0 saturated carbocycles. The van der Waals surface area contributed by atoms with Crippen LogP contribution in [0.1, 0.15) is 21.5 Å². The van der Waals surface area contributed by atoms with Crippen molar-refractivity contribution in [2.75, 3.05) is 12.4 Å². The molecule has 5 heteroatoms. The van der Waals surface area contributed by atoms with E-state index in [2.05, 4.69) is 5.32 Å². The van der Waals surface area contributed by atoms with Crippen LogP contribution >= 0.6 is 0 Å². The van der Waals surface area contributed by atoms with E-state index in [0.29, 0.717) is 23.6 Å². The minimum atomic E-state index is -0.208. The van der Waals surface area contributed by atoms with Crippen molar-refractivity contribution in [1.29, 1.82) is 0 Å². The molecule has 0 unspecified atom stereocenters. The van der Waals surface area contributed by atoms with E-state index in [0.717, 1.165) is 22.4 Å². The molecular weight excluding hydrogens is 374 g/mol. The summed E-state index contributed by atoms with van der Waals surface area (Å²) in [5.41, 5.74) is 4.81. The second kappa shape index (κ2) is 8.66. The summed E-state index contributed by atoms with van der Waals surface area (Å²) < 4.78 is 7.31. The van der Waals surface area contributed by atoms with Crippen LogP contribution in [0, 0.1) is 6.92 Å². The van der Waals surface area contributed by atoms with Gasteiger partial charge in [-0.15, -0.1) is 0 Å². The van der Waals surface area contributed by atoms with Crippen LogP contribution in [0.15, 0.2) is 85.1 Å². The standard InChI is InChI=1S/C25H23N3O2/c1-18-9-8-12-20(15-18)26-25(29)22-17-28(16-19-10-4-3-5-11-19)27-24(22)21-13-6-7-14-23(21)30-2/h3-15,17H,16H2,1-2H3,(H,26,29). The highest BCUT2D eigenvalue weighted by atomic mass is 16.5. The number of carbonyl (C=O) groups is 1. The van der Waals surface area contributed by atoms with Gasteiger partial charge in [0.1, 0.15) is 11.4 Å². The van der Waals surface area contributed by atoms with Gasteiger partial charge in [-0.1, -0.05) is 54.6 Å². The summed E-state index contributed by atoms with van der Waals surface area (Å²) in [7, 11) is 1.62. The zero-order valence-electron chi connectivity index (χ0n) is 17.0. The number of aromatic nitrogens is 2. The monoisotopic (exact) mass is 397 g/mol. The fraction of sp³-hybridized carbons (Fsp3) is 0.120. The Morgan fingerprint density at radius 2 is 1.77 bits per heavy atom. The molecule has 1 heterocycles. The lowest BCUT2D eigenvalue weighted by molar-refractivity contribution is 0.102. The molecular formula is C25H23N3O2. The number of aryl methyl sites for hydroxylation is 1. The first-order valence-electron chi connectivity index (χ1n) is 9.77. The highest BCUT2D eigenvalue weighted by molar-refractivity contribution is 6.08. The molecule has 0 aliphatic rings. The first-order valence-corrected chi connectivity index (χ1v) is 9.77. The number of ether oxygens (including phenoxy) is 1. The number of anilines is 1. The minimum absolute atomic E-state index is 0.208. The maximum Gasteiger partial charge on any atom is 0.259 e. The number of para-hydroxylation sites is 1. The van der Waals surface area contributed by atoms with Crippen molar-refractivity contribution in [3.05, 3.63) is 102 Å². The van der Waals surface area contributed by atoms with Gasteiger partial charge in [0.2, 0.25) is 0 Å². The highest BCUT2D eigenvalue weighted by Crippen LogP contribution is 2.31. The van der Waals surface area contributed by atoms with Gasteiger partial charge in [-0.2, -0.15) is 5.10 Å². The summed E-state index contributed by atoms with van der Waals surface area (Å²) >= 11 is 0. The molecule has 0 aliphatic heterocycles. The molecule has 1 amide bonds. The maximum absolute atomic E-state index is 13.2. The van der Waals surface area contributed by atoms with E-state index in [-0.39, 0.29) is 5.91 Å². The number of benzene rings is 3. The molecule has 4 rings (SSSR count). The molecule has 0 bridgehead atoms. The Kier molecular flexibility index (Phi) is 5.61. The van der Waals surface area contributed by atoms with Gasteiger partial charge in [-0.05, 0) is 42.3 Å². The Labute approximate surface area is 175 Å². The largest absolute Gasteiger partial charge is 0.496 e. The van der Waals surface area contributed by atoms with Gasteiger partial charge in [0, 0.05) is 17.4 Å². The number of amides is 1. The fourth-order valence-corrected chi connectivity index (χ4v) is 3.40. The Hall–Kier alpha value is -3.86. The first-order chi connectivity index (χ1) is 14.6. The summed E-state index contributed by atoms with van der Waals surface area (Å²) in [6.07, 6.45) is 1.79. The molecule has 150 valence electrons. The molecule has 4 aromatic rings. The van der Waals surface area contributed by atoms with E-state index in [9.17, 15) is 4.79 Å². The molecule has 30 heavy (non-hydrogen) atoms. The van der Waals surface area contributed by atoms with Gasteiger partial charge in [-0.25, -0.2) is 0 Å². The van der Waals surface area contributed by atoms with E-state index in [4.69, 9.17) is 9.84 Å². The third-order valence-corrected chi connectivity index (χ3v) is 4.83. The zero-order chi connectivity index (χ0) is 20.9. The average Bonchev–Trinajstić information content (AvgIpc) is 3.18.